The van der Waals surface area contributed by atoms with Crippen molar-refractivity contribution in [3.05, 3.63) is 0 Å². The van der Waals surface area contributed by atoms with Crippen molar-refractivity contribution in [1.82, 2.24) is 15.5 Å². The highest BCUT2D eigenvalue weighted by atomic mass is 16.6. The molecule has 1 aliphatic heterocycles. The molecule has 4 fully saturated rings. The molecule has 4 aliphatic rings. The Bertz CT molecular complexity index is 829. The zero-order chi connectivity index (χ0) is 24.1. The summed E-state index contributed by atoms with van der Waals surface area (Å²) in [6.07, 6.45) is 4.52. The number of nitrogens with zero attached hydrogens (tertiary/aromatic N) is 1. The fourth-order valence-electron chi connectivity index (χ4n) is 5.77. The average molecular weight is 464 g/mol. The van der Waals surface area contributed by atoms with E-state index in [1.165, 1.54) is 11.3 Å². The second kappa shape index (κ2) is 8.47. The Labute approximate surface area is 195 Å². The molecule has 184 valence electrons. The number of carboxylic acids is 1. The van der Waals surface area contributed by atoms with Crippen LogP contribution in [-0.2, 0) is 19.1 Å². The van der Waals surface area contributed by atoms with Gasteiger partial charge in [-0.15, -0.1) is 0 Å². The lowest BCUT2D eigenvalue weighted by molar-refractivity contribution is -0.146. The molecule has 0 bridgehead atoms. The molecule has 3 saturated carbocycles. The van der Waals surface area contributed by atoms with Gasteiger partial charge in [0, 0.05) is 6.54 Å². The number of likely N-dealkylation sites (tertiary alicyclic amines) is 1. The summed E-state index contributed by atoms with van der Waals surface area (Å²) in [4.78, 5) is 52.5. The molecule has 0 radical (unpaired) electrons. The number of hydrogen-bond acceptors (Lipinski definition) is 5. The van der Waals surface area contributed by atoms with E-state index in [1.807, 2.05) is 27.7 Å². The summed E-state index contributed by atoms with van der Waals surface area (Å²) in [5.41, 5.74) is -1.82. The Kier molecular flexibility index (Phi) is 6.12. The first-order valence-electron chi connectivity index (χ1n) is 12.3. The number of carboxylic acid groups (broad SMARTS) is 1. The van der Waals surface area contributed by atoms with Gasteiger partial charge in [0.05, 0.1) is 0 Å². The second-order valence-electron chi connectivity index (χ2n) is 11.5. The van der Waals surface area contributed by atoms with Crippen LogP contribution in [0.15, 0.2) is 0 Å². The zero-order valence-electron chi connectivity index (χ0n) is 20.1. The topological polar surface area (TPSA) is 125 Å². The van der Waals surface area contributed by atoms with E-state index in [4.69, 9.17) is 4.74 Å². The van der Waals surface area contributed by atoms with Gasteiger partial charge in [-0.25, -0.2) is 9.59 Å². The number of nitrogens with one attached hydrogen (secondary N) is 2. The summed E-state index contributed by atoms with van der Waals surface area (Å²) in [7, 11) is 0. The average Bonchev–Trinajstić information content (AvgIpc) is 3.50. The third-order valence-electron chi connectivity index (χ3n) is 8.01. The molecule has 9 nitrogen and oxygen atoms in total. The van der Waals surface area contributed by atoms with Gasteiger partial charge in [0.15, 0.2) is 0 Å². The molecular formula is C24H37N3O6. The fourth-order valence-corrected chi connectivity index (χ4v) is 5.77. The number of amides is 3. The highest BCUT2D eigenvalue weighted by Gasteiger charge is 2.61. The molecule has 7 atom stereocenters. The molecule has 3 N–H and O–H groups in total. The van der Waals surface area contributed by atoms with Gasteiger partial charge < -0.3 is 25.4 Å². The van der Waals surface area contributed by atoms with E-state index in [0.29, 0.717) is 44.1 Å². The maximum atomic E-state index is 13.5. The Morgan fingerprint density at radius 1 is 1.15 bits per heavy atom. The summed E-state index contributed by atoms with van der Waals surface area (Å²) in [6, 6.07) is -1.59. The monoisotopic (exact) mass is 463 g/mol. The van der Waals surface area contributed by atoms with Gasteiger partial charge in [0.2, 0.25) is 11.8 Å². The van der Waals surface area contributed by atoms with Gasteiger partial charge in [-0.2, -0.15) is 0 Å². The van der Waals surface area contributed by atoms with Crippen molar-refractivity contribution in [2.75, 3.05) is 6.54 Å². The van der Waals surface area contributed by atoms with Gasteiger partial charge in [-0.1, -0.05) is 34.1 Å². The predicted octanol–water partition coefficient (Wildman–Crippen LogP) is 2.29. The van der Waals surface area contributed by atoms with E-state index < -0.39 is 41.0 Å². The van der Waals surface area contributed by atoms with Crippen LogP contribution in [0.4, 0.5) is 4.79 Å². The standard InChI is InChI=1S/C24H37N3O6/c1-5-15-12-24(15,21(30)31)26-19(28)17-7-6-8-27(17)20(29)18(23(2,3)4)25-22(32)33-16-10-13-9-14(13)11-16/h13-18H,5-12H2,1-4H3,(H,25,32)(H,26,28)(H,30,31)/t13-,14?,15+,16?,17-,18+,24+/m0/s1. The Hall–Kier alpha value is -2.32. The van der Waals surface area contributed by atoms with Crippen molar-refractivity contribution in [3.63, 3.8) is 0 Å². The van der Waals surface area contributed by atoms with Crippen LogP contribution in [-0.4, -0.2) is 64.2 Å². The van der Waals surface area contributed by atoms with E-state index in [0.717, 1.165) is 12.8 Å². The van der Waals surface area contributed by atoms with Crippen LogP contribution in [0.25, 0.3) is 0 Å². The van der Waals surface area contributed by atoms with Crippen molar-refractivity contribution in [1.29, 1.82) is 0 Å². The molecule has 0 aromatic carbocycles. The van der Waals surface area contributed by atoms with Crippen molar-refractivity contribution in [2.24, 2.45) is 23.2 Å². The molecule has 33 heavy (non-hydrogen) atoms. The molecule has 0 aromatic rings. The van der Waals surface area contributed by atoms with Crippen LogP contribution in [0.5, 0.6) is 0 Å². The highest BCUT2D eigenvalue weighted by Crippen LogP contribution is 2.52. The lowest BCUT2D eigenvalue weighted by Gasteiger charge is -2.35. The number of rotatable bonds is 7. The molecule has 3 amide bonds. The summed E-state index contributed by atoms with van der Waals surface area (Å²) in [5, 5.41) is 15.1. The minimum absolute atomic E-state index is 0.0907. The van der Waals surface area contributed by atoms with Crippen LogP contribution in [0, 0.1) is 23.2 Å². The van der Waals surface area contributed by atoms with Crippen molar-refractivity contribution < 1.29 is 29.0 Å². The maximum absolute atomic E-state index is 13.5. The zero-order valence-corrected chi connectivity index (χ0v) is 20.1. The number of aliphatic carboxylic acids is 1. The summed E-state index contributed by atoms with van der Waals surface area (Å²) < 4.78 is 5.58. The van der Waals surface area contributed by atoms with E-state index in [9.17, 15) is 24.3 Å². The normalized spacial score (nSPS) is 35.4. The second-order valence-corrected chi connectivity index (χ2v) is 11.5. The summed E-state index contributed by atoms with van der Waals surface area (Å²) in [5.74, 6) is -0.526. The number of ether oxygens (including phenoxy) is 1. The summed E-state index contributed by atoms with van der Waals surface area (Å²) >= 11 is 0. The number of hydrogen-bond donors (Lipinski definition) is 3. The Morgan fingerprint density at radius 3 is 2.36 bits per heavy atom. The SMILES string of the molecule is CC[C@@H]1C[C@]1(NC(=O)[C@@H]1CCCN1C(=O)[C@@H](NC(=O)OC1CC2C[C@H]2C1)C(C)(C)C)C(=O)O. The van der Waals surface area contributed by atoms with Crippen molar-refractivity contribution in [3.8, 4) is 0 Å². The van der Waals surface area contributed by atoms with Gasteiger partial charge in [0.1, 0.15) is 23.7 Å². The molecule has 0 aromatic heterocycles. The Balaban J connectivity index is 1.41. The molecule has 1 heterocycles. The van der Waals surface area contributed by atoms with Crippen molar-refractivity contribution >= 4 is 23.9 Å². The molecule has 3 aliphatic carbocycles. The van der Waals surface area contributed by atoms with E-state index in [-0.39, 0.29) is 17.9 Å². The molecule has 9 heteroatoms. The maximum Gasteiger partial charge on any atom is 0.408 e. The van der Waals surface area contributed by atoms with E-state index in [2.05, 4.69) is 10.6 Å². The van der Waals surface area contributed by atoms with Gasteiger partial charge in [0.25, 0.3) is 0 Å². The molecule has 4 rings (SSSR count). The van der Waals surface area contributed by atoms with Crippen molar-refractivity contribution in [2.45, 2.75) is 96.4 Å². The van der Waals surface area contributed by atoms with Crippen LogP contribution < -0.4 is 10.6 Å². The minimum atomic E-state index is -1.23. The van der Waals surface area contributed by atoms with E-state index >= 15 is 0 Å². The smallest absolute Gasteiger partial charge is 0.408 e. The largest absolute Gasteiger partial charge is 0.479 e. The highest BCUT2D eigenvalue weighted by molar-refractivity contribution is 5.96. The quantitative estimate of drug-likeness (QED) is 0.532. The van der Waals surface area contributed by atoms with Gasteiger partial charge >= 0.3 is 12.1 Å². The molecule has 2 unspecified atom stereocenters. The Morgan fingerprint density at radius 2 is 1.82 bits per heavy atom. The van der Waals surface area contributed by atoms with E-state index in [1.54, 1.807) is 0 Å². The number of alkyl carbamates (subject to hydrolysis) is 1. The predicted molar refractivity (Wildman–Crippen MR) is 119 cm³/mol. The van der Waals surface area contributed by atoms with Crippen LogP contribution in [0.3, 0.4) is 0 Å². The first-order valence-corrected chi connectivity index (χ1v) is 12.3. The van der Waals surface area contributed by atoms with Gasteiger partial charge in [-0.3, -0.25) is 9.59 Å². The number of fused-ring (bicyclic) bond motifs is 1. The van der Waals surface area contributed by atoms with Gasteiger partial charge in [-0.05, 0) is 61.7 Å². The van der Waals surface area contributed by atoms with Crippen LogP contribution in [0.2, 0.25) is 0 Å². The number of carbonyl (C=O) groups excluding carboxylic acids is 3. The minimum Gasteiger partial charge on any atom is -0.479 e. The lowest BCUT2D eigenvalue weighted by Crippen LogP contribution is -2.59. The first-order chi connectivity index (χ1) is 15.5. The van der Waals surface area contributed by atoms with Crippen LogP contribution >= 0.6 is 0 Å². The van der Waals surface area contributed by atoms with Crippen LogP contribution in [0.1, 0.15) is 72.6 Å². The number of carbonyl (C=O) groups is 4. The summed E-state index contributed by atoms with van der Waals surface area (Å²) in [6.45, 7) is 7.88. The molecule has 1 saturated heterocycles. The lowest BCUT2D eigenvalue weighted by atomic mass is 9.85. The molecule has 0 spiro atoms. The third-order valence-corrected chi connectivity index (χ3v) is 8.01. The first kappa shape index (κ1) is 23.8. The fraction of sp³-hybridized carbons (Fsp3) is 0.833. The molecular weight excluding hydrogens is 426 g/mol. The third kappa shape index (κ3) is 4.68.